The van der Waals surface area contributed by atoms with Crippen molar-refractivity contribution in [2.24, 2.45) is 5.73 Å². The summed E-state index contributed by atoms with van der Waals surface area (Å²) in [5.74, 6) is 0.624. The number of nitrogens with zero attached hydrogens (tertiary/aromatic N) is 2. The summed E-state index contributed by atoms with van der Waals surface area (Å²) in [5.41, 5.74) is 7.58. The summed E-state index contributed by atoms with van der Waals surface area (Å²) in [6.45, 7) is 5.89. The van der Waals surface area contributed by atoms with E-state index in [4.69, 9.17) is 10.5 Å². The van der Waals surface area contributed by atoms with Crippen molar-refractivity contribution >= 4 is 0 Å². The van der Waals surface area contributed by atoms with Gasteiger partial charge in [-0.3, -0.25) is 0 Å². The van der Waals surface area contributed by atoms with Gasteiger partial charge in [0.2, 0.25) is 5.88 Å². The number of hydrogen-bond acceptors (Lipinski definition) is 4. The Morgan fingerprint density at radius 3 is 2.57 bits per heavy atom. The van der Waals surface area contributed by atoms with E-state index in [1.807, 2.05) is 20.8 Å². The Labute approximate surface area is 84.5 Å². The van der Waals surface area contributed by atoms with Crippen molar-refractivity contribution in [3.63, 3.8) is 0 Å². The van der Waals surface area contributed by atoms with Crippen molar-refractivity contribution in [3.8, 4) is 5.88 Å². The van der Waals surface area contributed by atoms with Crippen LogP contribution in [0.25, 0.3) is 0 Å². The monoisotopic (exact) mass is 195 g/mol. The molecule has 1 aromatic heterocycles. The van der Waals surface area contributed by atoms with Gasteiger partial charge in [0.05, 0.1) is 12.8 Å². The first-order valence-electron chi connectivity index (χ1n) is 4.57. The fraction of sp³-hybridized carbons (Fsp3) is 0.600. The van der Waals surface area contributed by atoms with E-state index >= 15 is 0 Å². The van der Waals surface area contributed by atoms with E-state index in [1.165, 1.54) is 6.33 Å². The predicted octanol–water partition coefficient (Wildman–Crippen LogP) is 1.07. The normalized spacial score (nSPS) is 11.5. The first-order valence-corrected chi connectivity index (χ1v) is 4.57. The summed E-state index contributed by atoms with van der Waals surface area (Å²) in [6, 6.07) is 0. The van der Waals surface area contributed by atoms with Crippen LogP contribution in [0.4, 0.5) is 0 Å². The maximum Gasteiger partial charge on any atom is 0.219 e. The lowest BCUT2D eigenvalue weighted by molar-refractivity contribution is 0.390. The Hall–Kier alpha value is -1.16. The van der Waals surface area contributed by atoms with Crippen molar-refractivity contribution in [1.82, 2.24) is 9.97 Å². The maximum atomic E-state index is 5.93. The largest absolute Gasteiger partial charge is 0.481 e. The molecule has 0 saturated heterocycles. The average Bonchev–Trinajstić information content (AvgIpc) is 2.06. The number of hydrogen-bond donors (Lipinski definition) is 1. The third kappa shape index (κ3) is 2.67. The highest BCUT2D eigenvalue weighted by Crippen LogP contribution is 2.18. The fourth-order valence-electron chi connectivity index (χ4n) is 1.28. The molecule has 0 aliphatic rings. The molecule has 4 nitrogen and oxygen atoms in total. The van der Waals surface area contributed by atoms with Crippen LogP contribution in [0.15, 0.2) is 6.33 Å². The van der Waals surface area contributed by atoms with E-state index in [9.17, 15) is 0 Å². The molecule has 14 heavy (non-hydrogen) atoms. The molecular formula is C10H17N3O. The van der Waals surface area contributed by atoms with E-state index in [2.05, 4.69) is 9.97 Å². The van der Waals surface area contributed by atoms with E-state index in [0.29, 0.717) is 5.88 Å². The van der Waals surface area contributed by atoms with E-state index in [1.54, 1.807) is 7.11 Å². The van der Waals surface area contributed by atoms with Crippen LogP contribution in [0.3, 0.4) is 0 Å². The third-order valence-corrected chi connectivity index (χ3v) is 1.96. The lowest BCUT2D eigenvalue weighted by Crippen LogP contribution is -2.35. The first kappa shape index (κ1) is 10.9. The van der Waals surface area contributed by atoms with Gasteiger partial charge in [0.25, 0.3) is 0 Å². The van der Waals surface area contributed by atoms with E-state index in [0.717, 1.165) is 17.7 Å². The maximum absolute atomic E-state index is 5.93. The quantitative estimate of drug-likeness (QED) is 0.783. The Kier molecular flexibility index (Phi) is 3.06. The summed E-state index contributed by atoms with van der Waals surface area (Å²) in [4.78, 5) is 8.21. The summed E-state index contributed by atoms with van der Waals surface area (Å²) >= 11 is 0. The van der Waals surface area contributed by atoms with Gasteiger partial charge in [-0.25, -0.2) is 9.97 Å². The van der Waals surface area contributed by atoms with Gasteiger partial charge in [-0.1, -0.05) is 0 Å². The molecule has 0 aliphatic heterocycles. The number of rotatable bonds is 3. The molecule has 2 N–H and O–H groups in total. The molecule has 0 aromatic carbocycles. The first-order chi connectivity index (χ1) is 6.44. The minimum Gasteiger partial charge on any atom is -0.481 e. The van der Waals surface area contributed by atoms with Crippen molar-refractivity contribution in [2.75, 3.05) is 7.11 Å². The molecule has 0 amide bonds. The predicted molar refractivity (Wildman–Crippen MR) is 55.3 cm³/mol. The number of methoxy groups -OCH3 is 1. The second kappa shape index (κ2) is 3.92. The van der Waals surface area contributed by atoms with Gasteiger partial charge >= 0.3 is 0 Å². The molecule has 0 saturated carbocycles. The fourth-order valence-corrected chi connectivity index (χ4v) is 1.28. The molecule has 78 valence electrons. The van der Waals surface area contributed by atoms with Gasteiger partial charge in [-0.05, 0) is 20.8 Å². The summed E-state index contributed by atoms with van der Waals surface area (Å²) in [5, 5.41) is 0. The van der Waals surface area contributed by atoms with Crippen LogP contribution < -0.4 is 10.5 Å². The van der Waals surface area contributed by atoms with Crippen LogP contribution in [0.2, 0.25) is 0 Å². The molecule has 0 aliphatic carbocycles. The Morgan fingerprint density at radius 2 is 2.07 bits per heavy atom. The highest BCUT2D eigenvalue weighted by molar-refractivity contribution is 5.28. The molecule has 1 rings (SSSR count). The highest BCUT2D eigenvalue weighted by atomic mass is 16.5. The van der Waals surface area contributed by atoms with Gasteiger partial charge < -0.3 is 10.5 Å². The Balaban J connectivity index is 2.98. The van der Waals surface area contributed by atoms with Crippen molar-refractivity contribution in [3.05, 3.63) is 17.6 Å². The van der Waals surface area contributed by atoms with Crippen LogP contribution in [0, 0.1) is 6.92 Å². The molecule has 0 radical (unpaired) electrons. The van der Waals surface area contributed by atoms with Crippen LogP contribution in [-0.2, 0) is 6.42 Å². The Morgan fingerprint density at radius 1 is 1.43 bits per heavy atom. The molecule has 0 fully saturated rings. The van der Waals surface area contributed by atoms with Gasteiger partial charge in [0, 0.05) is 17.5 Å². The number of nitrogens with two attached hydrogens (primary N) is 1. The topological polar surface area (TPSA) is 61.0 Å². The molecule has 0 atom stereocenters. The molecular weight excluding hydrogens is 178 g/mol. The highest BCUT2D eigenvalue weighted by Gasteiger charge is 2.16. The van der Waals surface area contributed by atoms with Crippen LogP contribution >= 0.6 is 0 Å². The molecule has 0 bridgehead atoms. The standard InChI is InChI=1S/C10H17N3O/c1-7-8(5-10(2,3)11)12-6-13-9(7)14-4/h6H,5,11H2,1-4H3. The SMILES string of the molecule is COc1ncnc(CC(C)(C)N)c1C. The zero-order valence-electron chi connectivity index (χ0n) is 9.16. The summed E-state index contributed by atoms with van der Waals surface area (Å²) in [7, 11) is 1.60. The molecule has 1 heterocycles. The van der Waals surface area contributed by atoms with E-state index < -0.39 is 0 Å². The van der Waals surface area contributed by atoms with Crippen LogP contribution in [-0.4, -0.2) is 22.6 Å². The zero-order valence-corrected chi connectivity index (χ0v) is 9.16. The summed E-state index contributed by atoms with van der Waals surface area (Å²) in [6.07, 6.45) is 2.23. The number of ether oxygens (including phenoxy) is 1. The summed E-state index contributed by atoms with van der Waals surface area (Å²) < 4.78 is 5.11. The number of aromatic nitrogens is 2. The Bertz CT molecular complexity index is 318. The van der Waals surface area contributed by atoms with Gasteiger partial charge in [0.15, 0.2) is 0 Å². The minimum absolute atomic E-state index is 0.260. The van der Waals surface area contributed by atoms with Crippen LogP contribution in [0.1, 0.15) is 25.1 Å². The third-order valence-electron chi connectivity index (χ3n) is 1.96. The van der Waals surface area contributed by atoms with Crippen LogP contribution in [0.5, 0.6) is 5.88 Å². The smallest absolute Gasteiger partial charge is 0.219 e. The minimum atomic E-state index is -0.260. The second-order valence-corrected chi connectivity index (χ2v) is 4.12. The lowest BCUT2D eigenvalue weighted by Gasteiger charge is -2.19. The van der Waals surface area contributed by atoms with Crippen molar-refractivity contribution < 1.29 is 4.74 Å². The average molecular weight is 195 g/mol. The van der Waals surface area contributed by atoms with Gasteiger partial charge in [0.1, 0.15) is 6.33 Å². The molecule has 0 spiro atoms. The molecule has 4 heteroatoms. The van der Waals surface area contributed by atoms with Gasteiger partial charge in [-0.15, -0.1) is 0 Å². The molecule has 1 aromatic rings. The van der Waals surface area contributed by atoms with E-state index in [-0.39, 0.29) is 5.54 Å². The lowest BCUT2D eigenvalue weighted by atomic mass is 9.98. The van der Waals surface area contributed by atoms with Crippen molar-refractivity contribution in [1.29, 1.82) is 0 Å². The molecule has 0 unspecified atom stereocenters. The van der Waals surface area contributed by atoms with Crippen molar-refractivity contribution in [2.45, 2.75) is 32.7 Å². The second-order valence-electron chi connectivity index (χ2n) is 4.12. The zero-order chi connectivity index (χ0) is 10.8. The van der Waals surface area contributed by atoms with Gasteiger partial charge in [-0.2, -0.15) is 0 Å².